The summed E-state index contributed by atoms with van der Waals surface area (Å²) in [5, 5.41) is 0.759. The average molecular weight is 394 g/mol. The fourth-order valence-corrected chi connectivity index (χ4v) is 3.79. The lowest BCUT2D eigenvalue weighted by Gasteiger charge is -2.25. The molecule has 1 aromatic carbocycles. The number of methoxy groups -OCH3 is 2. The summed E-state index contributed by atoms with van der Waals surface area (Å²) in [5.74, 6) is 2.33. The molecule has 1 aliphatic rings. The zero-order valence-electron chi connectivity index (χ0n) is 17.1. The third-order valence-electron chi connectivity index (χ3n) is 5.33. The van der Waals surface area contributed by atoms with Gasteiger partial charge in [0.1, 0.15) is 5.82 Å². The SMILES string of the molecule is COc1cc2nc(N3CCCN(c4ccncc4C)CC3)nc(N)c2cc1OC. The van der Waals surface area contributed by atoms with Crippen LogP contribution in [0.1, 0.15) is 12.0 Å². The molecule has 0 amide bonds. The van der Waals surface area contributed by atoms with Gasteiger partial charge in [0, 0.05) is 55.7 Å². The molecule has 3 heterocycles. The first-order chi connectivity index (χ1) is 14.1. The van der Waals surface area contributed by atoms with E-state index in [9.17, 15) is 0 Å². The Morgan fingerprint density at radius 3 is 2.45 bits per heavy atom. The highest BCUT2D eigenvalue weighted by Crippen LogP contribution is 2.34. The van der Waals surface area contributed by atoms with Crippen LogP contribution in [0.5, 0.6) is 11.5 Å². The molecule has 3 aromatic rings. The molecule has 0 radical (unpaired) electrons. The Balaban J connectivity index is 1.62. The first kappa shape index (κ1) is 19.0. The largest absolute Gasteiger partial charge is 0.493 e. The molecule has 8 nitrogen and oxygen atoms in total. The number of nitrogen functional groups attached to an aromatic ring is 1. The summed E-state index contributed by atoms with van der Waals surface area (Å²) < 4.78 is 10.8. The summed E-state index contributed by atoms with van der Waals surface area (Å²) in [6, 6.07) is 5.75. The lowest BCUT2D eigenvalue weighted by Crippen LogP contribution is -2.32. The van der Waals surface area contributed by atoms with Gasteiger partial charge in [0.25, 0.3) is 0 Å². The first-order valence-electron chi connectivity index (χ1n) is 9.70. The van der Waals surface area contributed by atoms with Crippen LogP contribution < -0.4 is 25.0 Å². The van der Waals surface area contributed by atoms with E-state index in [-0.39, 0.29) is 0 Å². The molecule has 0 unspecified atom stereocenters. The summed E-state index contributed by atoms with van der Waals surface area (Å²) in [6.45, 7) is 5.66. The number of pyridine rings is 1. The number of fused-ring (bicyclic) bond motifs is 1. The number of nitrogens with two attached hydrogens (primary N) is 1. The lowest BCUT2D eigenvalue weighted by molar-refractivity contribution is 0.356. The van der Waals surface area contributed by atoms with Crippen molar-refractivity contribution in [2.75, 3.05) is 55.9 Å². The number of aromatic nitrogens is 3. The molecule has 0 spiro atoms. The molecule has 8 heteroatoms. The van der Waals surface area contributed by atoms with Crippen molar-refractivity contribution in [1.29, 1.82) is 0 Å². The molecule has 0 aliphatic carbocycles. The maximum absolute atomic E-state index is 6.26. The van der Waals surface area contributed by atoms with Gasteiger partial charge in [0.15, 0.2) is 11.5 Å². The Labute approximate surface area is 170 Å². The van der Waals surface area contributed by atoms with Gasteiger partial charge in [0.2, 0.25) is 5.95 Å². The molecule has 1 aliphatic heterocycles. The van der Waals surface area contributed by atoms with Gasteiger partial charge >= 0.3 is 0 Å². The van der Waals surface area contributed by atoms with Crippen LogP contribution in [-0.4, -0.2) is 55.4 Å². The minimum Gasteiger partial charge on any atom is -0.493 e. The Morgan fingerprint density at radius 1 is 0.966 bits per heavy atom. The van der Waals surface area contributed by atoms with Gasteiger partial charge in [0.05, 0.1) is 19.7 Å². The van der Waals surface area contributed by atoms with E-state index in [1.165, 1.54) is 11.3 Å². The van der Waals surface area contributed by atoms with Gasteiger partial charge in [-0.3, -0.25) is 4.98 Å². The van der Waals surface area contributed by atoms with E-state index in [4.69, 9.17) is 20.2 Å². The Morgan fingerprint density at radius 2 is 1.69 bits per heavy atom. The number of hydrogen-bond acceptors (Lipinski definition) is 8. The maximum Gasteiger partial charge on any atom is 0.227 e. The van der Waals surface area contributed by atoms with E-state index in [1.54, 1.807) is 14.2 Å². The molecule has 1 saturated heterocycles. The topological polar surface area (TPSA) is 89.6 Å². The van der Waals surface area contributed by atoms with Crippen molar-refractivity contribution in [2.45, 2.75) is 13.3 Å². The van der Waals surface area contributed by atoms with Crippen LogP contribution in [0.25, 0.3) is 10.9 Å². The number of ether oxygens (including phenoxy) is 2. The predicted molar refractivity (Wildman–Crippen MR) is 115 cm³/mol. The second-order valence-corrected chi connectivity index (χ2v) is 7.12. The van der Waals surface area contributed by atoms with Crippen LogP contribution in [0.4, 0.5) is 17.5 Å². The summed E-state index contributed by atoms with van der Waals surface area (Å²) in [6.07, 6.45) is 4.77. The maximum atomic E-state index is 6.26. The minimum atomic E-state index is 0.442. The van der Waals surface area contributed by atoms with Crippen molar-refractivity contribution in [1.82, 2.24) is 15.0 Å². The normalized spacial score (nSPS) is 14.7. The molecule has 2 N–H and O–H groups in total. The number of anilines is 3. The van der Waals surface area contributed by atoms with E-state index in [0.717, 1.165) is 43.5 Å². The third-order valence-corrected chi connectivity index (χ3v) is 5.33. The number of benzene rings is 1. The smallest absolute Gasteiger partial charge is 0.227 e. The van der Waals surface area contributed by atoms with Gasteiger partial charge < -0.3 is 25.0 Å². The van der Waals surface area contributed by atoms with E-state index >= 15 is 0 Å². The van der Waals surface area contributed by atoms with E-state index < -0.39 is 0 Å². The fraction of sp³-hybridized carbons (Fsp3) is 0.381. The lowest BCUT2D eigenvalue weighted by atomic mass is 10.2. The standard InChI is InChI=1S/C21H26N6O2/c1-14-13-23-6-5-17(14)26-7-4-8-27(10-9-26)21-24-16-12-19(29-3)18(28-2)11-15(16)20(22)25-21/h5-6,11-13H,4,7-10H2,1-3H3,(H2,22,24,25). The first-order valence-corrected chi connectivity index (χ1v) is 9.70. The molecule has 152 valence electrons. The molecular weight excluding hydrogens is 368 g/mol. The highest BCUT2D eigenvalue weighted by molar-refractivity contribution is 5.91. The molecule has 0 saturated carbocycles. The molecule has 4 rings (SSSR count). The number of aryl methyl sites for hydroxylation is 1. The van der Waals surface area contributed by atoms with Gasteiger partial charge in [-0.2, -0.15) is 4.98 Å². The predicted octanol–water partition coefficient (Wildman–Crippen LogP) is 2.65. The molecule has 0 bridgehead atoms. The van der Waals surface area contributed by atoms with Crippen molar-refractivity contribution in [2.24, 2.45) is 0 Å². The van der Waals surface area contributed by atoms with Crippen LogP contribution in [0.2, 0.25) is 0 Å². The van der Waals surface area contributed by atoms with Gasteiger partial charge in [-0.15, -0.1) is 0 Å². The van der Waals surface area contributed by atoms with E-state index in [0.29, 0.717) is 23.3 Å². The summed E-state index contributed by atoms with van der Waals surface area (Å²) in [7, 11) is 3.21. The summed E-state index contributed by atoms with van der Waals surface area (Å²) in [5.41, 5.74) is 9.43. The number of hydrogen-bond donors (Lipinski definition) is 1. The van der Waals surface area contributed by atoms with Crippen molar-refractivity contribution >= 4 is 28.4 Å². The summed E-state index contributed by atoms with van der Waals surface area (Å²) >= 11 is 0. The van der Waals surface area contributed by atoms with Crippen molar-refractivity contribution in [3.63, 3.8) is 0 Å². The Kier molecular flexibility index (Phi) is 5.24. The number of rotatable bonds is 4. The Hall–Kier alpha value is -3.29. The van der Waals surface area contributed by atoms with Crippen LogP contribution in [0.3, 0.4) is 0 Å². The average Bonchev–Trinajstić information content (AvgIpc) is 2.99. The highest BCUT2D eigenvalue weighted by Gasteiger charge is 2.20. The summed E-state index contributed by atoms with van der Waals surface area (Å²) in [4.78, 5) is 18.1. The van der Waals surface area contributed by atoms with Crippen LogP contribution in [0.15, 0.2) is 30.6 Å². The van der Waals surface area contributed by atoms with E-state index in [1.807, 2.05) is 24.5 Å². The monoisotopic (exact) mass is 394 g/mol. The zero-order valence-corrected chi connectivity index (χ0v) is 17.1. The van der Waals surface area contributed by atoms with Crippen LogP contribution in [-0.2, 0) is 0 Å². The molecule has 0 atom stereocenters. The highest BCUT2D eigenvalue weighted by atomic mass is 16.5. The Bertz CT molecular complexity index is 1030. The fourth-order valence-electron chi connectivity index (χ4n) is 3.79. The van der Waals surface area contributed by atoms with Crippen LogP contribution in [0, 0.1) is 6.92 Å². The molecule has 2 aromatic heterocycles. The minimum absolute atomic E-state index is 0.442. The van der Waals surface area contributed by atoms with E-state index in [2.05, 4.69) is 32.8 Å². The third kappa shape index (κ3) is 3.70. The molecular formula is C21H26N6O2. The molecule has 29 heavy (non-hydrogen) atoms. The molecule has 1 fully saturated rings. The number of nitrogens with zero attached hydrogens (tertiary/aromatic N) is 5. The quantitative estimate of drug-likeness (QED) is 0.722. The second-order valence-electron chi connectivity index (χ2n) is 7.12. The van der Waals surface area contributed by atoms with Gasteiger partial charge in [-0.25, -0.2) is 4.98 Å². The van der Waals surface area contributed by atoms with Crippen molar-refractivity contribution in [3.8, 4) is 11.5 Å². The van der Waals surface area contributed by atoms with Gasteiger partial charge in [-0.05, 0) is 31.0 Å². The zero-order chi connectivity index (χ0) is 20.4. The van der Waals surface area contributed by atoms with Crippen molar-refractivity contribution < 1.29 is 9.47 Å². The van der Waals surface area contributed by atoms with Crippen LogP contribution >= 0.6 is 0 Å². The van der Waals surface area contributed by atoms with Crippen molar-refractivity contribution in [3.05, 3.63) is 36.2 Å². The van der Waals surface area contributed by atoms with Gasteiger partial charge in [-0.1, -0.05) is 0 Å². The second kappa shape index (κ2) is 7.98.